The molecule has 4 nitrogen and oxygen atoms in total. The highest BCUT2D eigenvalue weighted by Crippen LogP contribution is 2.29. The maximum atomic E-state index is 13.1. The SMILES string of the molecule is CC(C)[C@H]1CN(c2ccccc2)C(=O)N1C(=O)[C@H](C)Cc1ccccc1. The summed E-state index contributed by atoms with van der Waals surface area (Å²) in [6.07, 6.45) is 0.638. The fraction of sp³-hybridized carbons (Fsp3) is 0.364. The second-order valence-corrected chi connectivity index (χ2v) is 7.34. The van der Waals surface area contributed by atoms with Gasteiger partial charge in [0.2, 0.25) is 5.91 Å². The molecule has 0 saturated carbocycles. The van der Waals surface area contributed by atoms with Crippen molar-refractivity contribution in [1.29, 1.82) is 0 Å². The number of imide groups is 1. The second kappa shape index (κ2) is 7.73. The van der Waals surface area contributed by atoms with Crippen LogP contribution in [0.4, 0.5) is 10.5 Å². The third kappa shape index (κ3) is 3.64. The van der Waals surface area contributed by atoms with Crippen molar-refractivity contribution in [3.05, 3.63) is 66.2 Å². The molecule has 2 aromatic rings. The van der Waals surface area contributed by atoms with E-state index in [1.165, 1.54) is 4.90 Å². The number of urea groups is 1. The van der Waals surface area contributed by atoms with Crippen molar-refractivity contribution in [3.8, 4) is 0 Å². The van der Waals surface area contributed by atoms with Crippen LogP contribution in [-0.4, -0.2) is 29.4 Å². The van der Waals surface area contributed by atoms with E-state index in [-0.39, 0.29) is 29.8 Å². The fourth-order valence-corrected chi connectivity index (χ4v) is 3.50. The molecule has 2 atom stereocenters. The van der Waals surface area contributed by atoms with Crippen LogP contribution < -0.4 is 4.90 Å². The molecule has 4 heteroatoms. The molecule has 26 heavy (non-hydrogen) atoms. The fourth-order valence-electron chi connectivity index (χ4n) is 3.50. The summed E-state index contributed by atoms with van der Waals surface area (Å²) in [6, 6.07) is 19.2. The number of benzene rings is 2. The number of nitrogens with zero attached hydrogens (tertiary/aromatic N) is 2. The van der Waals surface area contributed by atoms with E-state index in [2.05, 4.69) is 13.8 Å². The zero-order valence-corrected chi connectivity index (χ0v) is 15.6. The van der Waals surface area contributed by atoms with Gasteiger partial charge in [0.05, 0.1) is 6.04 Å². The molecule has 1 fully saturated rings. The summed E-state index contributed by atoms with van der Waals surface area (Å²) < 4.78 is 0. The van der Waals surface area contributed by atoms with Gasteiger partial charge in [-0.25, -0.2) is 4.79 Å². The van der Waals surface area contributed by atoms with E-state index in [4.69, 9.17) is 0 Å². The molecule has 0 spiro atoms. The molecule has 1 heterocycles. The number of amides is 3. The minimum Gasteiger partial charge on any atom is -0.292 e. The molecule has 1 aliphatic rings. The second-order valence-electron chi connectivity index (χ2n) is 7.34. The van der Waals surface area contributed by atoms with Crippen LogP contribution in [0, 0.1) is 11.8 Å². The number of rotatable bonds is 5. The Hall–Kier alpha value is -2.62. The molecule has 136 valence electrons. The number of carbonyl (C=O) groups excluding carboxylic acids is 2. The average Bonchev–Trinajstić information content (AvgIpc) is 3.00. The molecule has 1 saturated heterocycles. The first-order chi connectivity index (χ1) is 12.5. The van der Waals surface area contributed by atoms with Crippen molar-refractivity contribution in [2.75, 3.05) is 11.4 Å². The molecular formula is C22H26N2O2. The molecule has 1 aliphatic heterocycles. The summed E-state index contributed by atoms with van der Waals surface area (Å²) in [5, 5.41) is 0. The lowest BCUT2D eigenvalue weighted by Crippen LogP contribution is -2.45. The molecule has 0 N–H and O–H groups in total. The van der Waals surface area contributed by atoms with Crippen LogP contribution in [0.25, 0.3) is 0 Å². The average molecular weight is 350 g/mol. The van der Waals surface area contributed by atoms with Gasteiger partial charge in [-0.3, -0.25) is 14.6 Å². The Morgan fingerprint density at radius 1 is 1.00 bits per heavy atom. The summed E-state index contributed by atoms with van der Waals surface area (Å²) in [7, 11) is 0. The first-order valence-electron chi connectivity index (χ1n) is 9.22. The molecule has 0 aromatic heterocycles. The maximum absolute atomic E-state index is 13.1. The molecule has 2 aromatic carbocycles. The number of anilines is 1. The maximum Gasteiger partial charge on any atom is 0.331 e. The van der Waals surface area contributed by atoms with E-state index in [9.17, 15) is 9.59 Å². The normalized spacial score (nSPS) is 18.5. The van der Waals surface area contributed by atoms with Crippen LogP contribution in [0.5, 0.6) is 0 Å². The zero-order chi connectivity index (χ0) is 18.7. The highest BCUT2D eigenvalue weighted by molar-refractivity contribution is 6.05. The largest absolute Gasteiger partial charge is 0.331 e. The van der Waals surface area contributed by atoms with Gasteiger partial charge < -0.3 is 0 Å². The molecular weight excluding hydrogens is 324 g/mol. The van der Waals surface area contributed by atoms with Gasteiger partial charge in [-0.15, -0.1) is 0 Å². The Bertz CT molecular complexity index is 758. The van der Waals surface area contributed by atoms with Crippen molar-refractivity contribution in [2.45, 2.75) is 33.2 Å². The van der Waals surface area contributed by atoms with Crippen LogP contribution in [-0.2, 0) is 11.2 Å². The van der Waals surface area contributed by atoms with Gasteiger partial charge in [-0.2, -0.15) is 0 Å². The van der Waals surface area contributed by atoms with Crippen molar-refractivity contribution >= 4 is 17.6 Å². The Kier molecular flexibility index (Phi) is 5.40. The Labute approximate surface area is 155 Å². The van der Waals surface area contributed by atoms with Crippen molar-refractivity contribution in [3.63, 3.8) is 0 Å². The third-order valence-corrected chi connectivity index (χ3v) is 5.02. The van der Waals surface area contributed by atoms with Crippen molar-refractivity contribution in [1.82, 2.24) is 4.90 Å². The minimum absolute atomic E-state index is 0.0871. The van der Waals surface area contributed by atoms with Crippen LogP contribution in [0.15, 0.2) is 60.7 Å². The quantitative estimate of drug-likeness (QED) is 0.804. The third-order valence-electron chi connectivity index (χ3n) is 5.02. The summed E-state index contributed by atoms with van der Waals surface area (Å²) in [5.74, 6) is -0.116. The van der Waals surface area contributed by atoms with Gasteiger partial charge in [0.15, 0.2) is 0 Å². The van der Waals surface area contributed by atoms with Crippen molar-refractivity contribution in [2.24, 2.45) is 11.8 Å². The molecule has 0 radical (unpaired) electrons. The molecule has 0 bridgehead atoms. The van der Waals surface area contributed by atoms with E-state index >= 15 is 0 Å². The summed E-state index contributed by atoms with van der Waals surface area (Å²) in [4.78, 5) is 29.4. The Balaban J connectivity index is 1.81. The van der Waals surface area contributed by atoms with E-state index in [1.807, 2.05) is 67.6 Å². The van der Waals surface area contributed by atoms with E-state index in [0.29, 0.717) is 13.0 Å². The van der Waals surface area contributed by atoms with Crippen LogP contribution in [0.2, 0.25) is 0 Å². The summed E-state index contributed by atoms with van der Waals surface area (Å²) in [6.45, 7) is 6.58. The van der Waals surface area contributed by atoms with Gasteiger partial charge in [-0.1, -0.05) is 69.3 Å². The van der Waals surface area contributed by atoms with E-state index in [1.54, 1.807) is 4.90 Å². The first kappa shape index (κ1) is 18.2. The lowest BCUT2D eigenvalue weighted by atomic mass is 9.97. The van der Waals surface area contributed by atoms with Crippen LogP contribution >= 0.6 is 0 Å². The predicted molar refractivity (Wildman–Crippen MR) is 104 cm³/mol. The number of carbonyl (C=O) groups is 2. The topological polar surface area (TPSA) is 40.6 Å². The molecule has 0 unspecified atom stereocenters. The Morgan fingerprint density at radius 2 is 1.58 bits per heavy atom. The zero-order valence-electron chi connectivity index (χ0n) is 15.6. The number of hydrogen-bond acceptors (Lipinski definition) is 2. The van der Waals surface area contributed by atoms with Crippen LogP contribution in [0.3, 0.4) is 0 Å². The standard InChI is InChI=1S/C22H26N2O2/c1-16(2)20-15-23(19-12-8-5-9-13-19)22(26)24(20)21(25)17(3)14-18-10-6-4-7-11-18/h4-13,16-17,20H,14-15H2,1-3H3/t17-,20-/m1/s1. The highest BCUT2D eigenvalue weighted by atomic mass is 16.2. The van der Waals surface area contributed by atoms with Crippen molar-refractivity contribution < 1.29 is 9.59 Å². The number of hydrogen-bond donors (Lipinski definition) is 0. The van der Waals surface area contributed by atoms with Gasteiger partial charge >= 0.3 is 6.03 Å². The molecule has 3 rings (SSSR count). The molecule has 3 amide bonds. The predicted octanol–water partition coefficient (Wildman–Crippen LogP) is 4.36. The van der Waals surface area contributed by atoms with E-state index < -0.39 is 0 Å². The van der Waals surface area contributed by atoms with Gasteiger partial charge in [-0.05, 0) is 30.0 Å². The lowest BCUT2D eigenvalue weighted by Gasteiger charge is -2.26. The monoisotopic (exact) mass is 350 g/mol. The minimum atomic E-state index is -0.238. The first-order valence-corrected chi connectivity index (χ1v) is 9.22. The van der Waals surface area contributed by atoms with Gasteiger partial charge in [0.1, 0.15) is 0 Å². The molecule has 0 aliphatic carbocycles. The Morgan fingerprint density at radius 3 is 2.15 bits per heavy atom. The lowest BCUT2D eigenvalue weighted by molar-refractivity contribution is -0.133. The van der Waals surface area contributed by atoms with E-state index in [0.717, 1.165) is 11.3 Å². The summed E-state index contributed by atoms with van der Waals surface area (Å²) >= 11 is 0. The van der Waals surface area contributed by atoms with Crippen LogP contribution in [0.1, 0.15) is 26.3 Å². The summed E-state index contributed by atoms with van der Waals surface area (Å²) in [5.41, 5.74) is 1.95. The number of para-hydroxylation sites is 1. The van der Waals surface area contributed by atoms with Gasteiger partial charge in [0, 0.05) is 18.2 Å². The smallest absolute Gasteiger partial charge is 0.292 e. The highest BCUT2D eigenvalue weighted by Gasteiger charge is 2.44. The van der Waals surface area contributed by atoms with Gasteiger partial charge in [0.25, 0.3) is 0 Å².